The fraction of sp³-hybridized carbons (Fsp3) is 0.667. The van der Waals surface area contributed by atoms with Crippen molar-refractivity contribution in [1.82, 2.24) is 4.90 Å². The Balaban J connectivity index is 4.26. The smallest absolute Gasteiger partial charge is 0.175 e. The molecule has 0 aliphatic carbocycles. The van der Waals surface area contributed by atoms with Gasteiger partial charge in [0.15, 0.2) is 5.78 Å². The Morgan fingerprint density at radius 1 is 1.55 bits per heavy atom. The first-order valence-electron chi connectivity index (χ1n) is 3.86. The van der Waals surface area contributed by atoms with E-state index in [1.54, 1.807) is 6.92 Å². The maximum absolute atomic E-state index is 11.4. The van der Waals surface area contributed by atoms with Gasteiger partial charge < -0.3 is 0 Å². The monoisotopic (exact) mass is 155 g/mol. The Morgan fingerprint density at radius 3 is 2.09 bits per heavy atom. The Bertz CT molecular complexity index is 161. The van der Waals surface area contributed by atoms with E-state index in [2.05, 4.69) is 6.58 Å². The summed E-state index contributed by atoms with van der Waals surface area (Å²) in [7, 11) is 3.82. The number of carbonyl (C=O) groups excluding carboxylic acids is 1. The van der Waals surface area contributed by atoms with Crippen molar-refractivity contribution < 1.29 is 4.79 Å². The van der Waals surface area contributed by atoms with Gasteiger partial charge in [0.1, 0.15) is 0 Å². The van der Waals surface area contributed by atoms with Gasteiger partial charge in [-0.1, -0.05) is 13.5 Å². The molecule has 1 atom stereocenters. The van der Waals surface area contributed by atoms with Crippen molar-refractivity contribution in [2.75, 3.05) is 14.1 Å². The van der Waals surface area contributed by atoms with Gasteiger partial charge in [-0.3, -0.25) is 9.69 Å². The first-order valence-corrected chi connectivity index (χ1v) is 3.86. The van der Waals surface area contributed by atoms with Crippen LogP contribution in [0.5, 0.6) is 0 Å². The normalized spacial score (nSPS) is 13.2. The van der Waals surface area contributed by atoms with Crippen LogP contribution in [0.25, 0.3) is 0 Å². The predicted molar refractivity (Wildman–Crippen MR) is 47.6 cm³/mol. The number of Topliss-reactive ketones (excluding diaryl/α,β-unsaturated/α-hetero) is 1. The van der Waals surface area contributed by atoms with Gasteiger partial charge >= 0.3 is 0 Å². The van der Waals surface area contributed by atoms with Crippen LogP contribution in [0.4, 0.5) is 0 Å². The molecule has 11 heavy (non-hydrogen) atoms. The van der Waals surface area contributed by atoms with Crippen LogP contribution in [0.1, 0.15) is 20.3 Å². The van der Waals surface area contributed by atoms with Gasteiger partial charge in [0.2, 0.25) is 0 Å². The molecule has 0 aromatic carbocycles. The quantitative estimate of drug-likeness (QED) is 0.573. The summed E-state index contributed by atoms with van der Waals surface area (Å²) in [5.74, 6) is 0.150. The number of rotatable bonds is 4. The standard InChI is InChI=1S/C9H17NO/c1-6-8(10(4)5)9(11)7(2)3/h8H,2,6H2,1,3-5H3. The van der Waals surface area contributed by atoms with E-state index in [9.17, 15) is 4.79 Å². The van der Waals surface area contributed by atoms with Crippen LogP contribution >= 0.6 is 0 Å². The van der Waals surface area contributed by atoms with Gasteiger partial charge in [0, 0.05) is 0 Å². The molecule has 0 N–H and O–H groups in total. The first-order chi connectivity index (χ1) is 5.00. The number of hydrogen-bond donors (Lipinski definition) is 0. The van der Waals surface area contributed by atoms with Crippen LogP contribution in [0.3, 0.4) is 0 Å². The minimum absolute atomic E-state index is 0.00694. The van der Waals surface area contributed by atoms with Crippen LogP contribution in [0.15, 0.2) is 12.2 Å². The fourth-order valence-corrected chi connectivity index (χ4v) is 1.07. The molecule has 0 rings (SSSR count). The molecule has 0 aromatic heterocycles. The molecular weight excluding hydrogens is 138 g/mol. The maximum atomic E-state index is 11.4. The topological polar surface area (TPSA) is 20.3 Å². The zero-order valence-electron chi connectivity index (χ0n) is 7.85. The molecule has 0 spiro atoms. The second kappa shape index (κ2) is 4.29. The third-order valence-electron chi connectivity index (χ3n) is 1.73. The molecule has 2 nitrogen and oxygen atoms in total. The maximum Gasteiger partial charge on any atom is 0.175 e. The molecule has 0 fully saturated rings. The first kappa shape index (κ1) is 10.4. The SMILES string of the molecule is C=C(C)C(=O)C(CC)N(C)C. The van der Waals surface area contributed by atoms with Crippen LogP contribution in [0.2, 0.25) is 0 Å². The molecule has 0 heterocycles. The van der Waals surface area contributed by atoms with E-state index in [0.717, 1.165) is 6.42 Å². The van der Waals surface area contributed by atoms with Gasteiger partial charge in [-0.25, -0.2) is 0 Å². The van der Waals surface area contributed by atoms with Crippen LogP contribution in [-0.4, -0.2) is 30.8 Å². The van der Waals surface area contributed by atoms with Gasteiger partial charge in [0.05, 0.1) is 6.04 Å². The third kappa shape index (κ3) is 2.85. The van der Waals surface area contributed by atoms with Crippen molar-refractivity contribution >= 4 is 5.78 Å². The van der Waals surface area contributed by atoms with Crippen LogP contribution < -0.4 is 0 Å². The highest BCUT2D eigenvalue weighted by Crippen LogP contribution is 2.05. The Kier molecular flexibility index (Phi) is 4.04. The highest BCUT2D eigenvalue weighted by molar-refractivity contribution is 5.98. The summed E-state index contributed by atoms with van der Waals surface area (Å²) >= 11 is 0. The van der Waals surface area contributed by atoms with Crippen molar-refractivity contribution in [3.8, 4) is 0 Å². The van der Waals surface area contributed by atoms with E-state index in [-0.39, 0.29) is 11.8 Å². The van der Waals surface area contributed by atoms with E-state index in [4.69, 9.17) is 0 Å². The summed E-state index contributed by atoms with van der Waals surface area (Å²) in [6, 6.07) is 0.00694. The second-order valence-corrected chi connectivity index (χ2v) is 3.03. The van der Waals surface area contributed by atoms with Gasteiger partial charge in [-0.15, -0.1) is 0 Å². The van der Waals surface area contributed by atoms with E-state index in [1.807, 2.05) is 25.9 Å². The average molecular weight is 155 g/mol. The number of hydrogen-bond acceptors (Lipinski definition) is 2. The third-order valence-corrected chi connectivity index (χ3v) is 1.73. The van der Waals surface area contributed by atoms with Crippen LogP contribution in [-0.2, 0) is 4.79 Å². The molecule has 0 aliphatic rings. The molecule has 64 valence electrons. The van der Waals surface area contributed by atoms with E-state index in [1.165, 1.54) is 0 Å². The largest absolute Gasteiger partial charge is 0.299 e. The zero-order valence-corrected chi connectivity index (χ0v) is 7.85. The lowest BCUT2D eigenvalue weighted by Gasteiger charge is -2.21. The molecule has 0 bridgehead atoms. The van der Waals surface area contributed by atoms with Gasteiger partial charge in [0.25, 0.3) is 0 Å². The van der Waals surface area contributed by atoms with Gasteiger partial charge in [-0.2, -0.15) is 0 Å². The highest BCUT2D eigenvalue weighted by atomic mass is 16.1. The van der Waals surface area contributed by atoms with Crippen molar-refractivity contribution in [1.29, 1.82) is 0 Å². The lowest BCUT2D eigenvalue weighted by atomic mass is 10.0. The predicted octanol–water partition coefficient (Wildman–Crippen LogP) is 1.47. The number of nitrogens with zero attached hydrogens (tertiary/aromatic N) is 1. The Morgan fingerprint density at radius 2 is 2.00 bits per heavy atom. The van der Waals surface area contributed by atoms with E-state index in [0.29, 0.717) is 5.57 Å². The average Bonchev–Trinajstić information content (AvgIpc) is 1.88. The Labute approximate surface area is 68.9 Å². The lowest BCUT2D eigenvalue weighted by Crippen LogP contribution is -2.35. The van der Waals surface area contributed by atoms with Crippen molar-refractivity contribution in [3.05, 3.63) is 12.2 Å². The summed E-state index contributed by atoms with van der Waals surface area (Å²) in [5.41, 5.74) is 0.644. The Hall–Kier alpha value is -0.630. The number of ketones is 1. The van der Waals surface area contributed by atoms with Gasteiger partial charge in [-0.05, 0) is 33.0 Å². The molecule has 0 saturated carbocycles. The zero-order chi connectivity index (χ0) is 9.02. The molecule has 0 saturated heterocycles. The van der Waals surface area contributed by atoms with E-state index >= 15 is 0 Å². The second-order valence-electron chi connectivity index (χ2n) is 3.03. The van der Waals surface area contributed by atoms with Crippen LogP contribution in [0, 0.1) is 0 Å². The number of likely N-dealkylation sites (N-methyl/N-ethyl adjacent to an activating group) is 1. The molecule has 0 aliphatic heterocycles. The number of carbonyl (C=O) groups is 1. The lowest BCUT2D eigenvalue weighted by molar-refractivity contribution is -0.119. The highest BCUT2D eigenvalue weighted by Gasteiger charge is 2.18. The van der Waals surface area contributed by atoms with Crippen molar-refractivity contribution in [3.63, 3.8) is 0 Å². The van der Waals surface area contributed by atoms with E-state index < -0.39 is 0 Å². The summed E-state index contributed by atoms with van der Waals surface area (Å²) in [6.07, 6.45) is 0.846. The minimum Gasteiger partial charge on any atom is -0.299 e. The molecule has 1 unspecified atom stereocenters. The summed E-state index contributed by atoms with van der Waals surface area (Å²) in [5, 5.41) is 0. The summed E-state index contributed by atoms with van der Waals surface area (Å²) in [4.78, 5) is 13.3. The molecule has 0 amide bonds. The van der Waals surface area contributed by atoms with Crippen molar-refractivity contribution in [2.45, 2.75) is 26.3 Å². The van der Waals surface area contributed by atoms with Crippen molar-refractivity contribution in [2.24, 2.45) is 0 Å². The molecular formula is C9H17NO. The molecule has 0 radical (unpaired) electrons. The minimum atomic E-state index is 0.00694. The molecule has 2 heteroatoms. The summed E-state index contributed by atoms with van der Waals surface area (Å²) < 4.78 is 0. The fourth-order valence-electron chi connectivity index (χ4n) is 1.07. The molecule has 0 aromatic rings. The summed E-state index contributed by atoms with van der Waals surface area (Å²) in [6.45, 7) is 7.39.